The maximum Gasteiger partial charge on any atom is 0.305 e. The van der Waals surface area contributed by atoms with Gasteiger partial charge >= 0.3 is 4.87 Å². The van der Waals surface area contributed by atoms with Gasteiger partial charge in [-0.1, -0.05) is 11.3 Å². The molecule has 1 aromatic rings. The standard InChI is InChI=1S/C9H14N2O4S2/c1-6-8(16-9(13)10-6)17(14,15)11-4-2-3-7(11)5-12/h7,12H,2-5H2,1H3,(H,10,13)/t7-/m1/s1. The van der Waals surface area contributed by atoms with E-state index in [1.165, 1.54) is 4.31 Å². The summed E-state index contributed by atoms with van der Waals surface area (Å²) in [4.78, 5) is 13.2. The highest BCUT2D eigenvalue weighted by Crippen LogP contribution is 2.28. The van der Waals surface area contributed by atoms with Gasteiger partial charge in [-0.05, 0) is 19.8 Å². The predicted molar refractivity (Wildman–Crippen MR) is 63.7 cm³/mol. The van der Waals surface area contributed by atoms with Gasteiger partial charge in [0.1, 0.15) is 0 Å². The number of aliphatic hydroxyl groups excluding tert-OH is 1. The number of hydrogen-bond donors (Lipinski definition) is 2. The lowest BCUT2D eigenvalue weighted by Crippen LogP contribution is -2.37. The van der Waals surface area contributed by atoms with Crippen molar-refractivity contribution in [3.63, 3.8) is 0 Å². The van der Waals surface area contributed by atoms with E-state index in [1.54, 1.807) is 6.92 Å². The van der Waals surface area contributed by atoms with E-state index in [1.807, 2.05) is 0 Å². The molecule has 1 aliphatic heterocycles. The number of sulfonamides is 1. The number of nitrogens with zero attached hydrogens (tertiary/aromatic N) is 1. The third kappa shape index (κ3) is 2.17. The van der Waals surface area contributed by atoms with Gasteiger partial charge in [-0.3, -0.25) is 4.79 Å². The molecule has 1 saturated heterocycles. The molecule has 0 aliphatic carbocycles. The molecule has 0 spiro atoms. The number of thiazole rings is 1. The van der Waals surface area contributed by atoms with Gasteiger partial charge < -0.3 is 10.1 Å². The van der Waals surface area contributed by atoms with Crippen molar-refractivity contribution in [1.82, 2.24) is 9.29 Å². The van der Waals surface area contributed by atoms with Crippen LogP contribution in [0.2, 0.25) is 0 Å². The first kappa shape index (κ1) is 12.7. The lowest BCUT2D eigenvalue weighted by atomic mass is 10.2. The summed E-state index contributed by atoms with van der Waals surface area (Å²) in [5.74, 6) is 0. The van der Waals surface area contributed by atoms with E-state index in [0.29, 0.717) is 30.0 Å². The van der Waals surface area contributed by atoms with Gasteiger partial charge in [-0.2, -0.15) is 4.31 Å². The number of aliphatic hydroxyl groups is 1. The molecule has 6 nitrogen and oxygen atoms in total. The van der Waals surface area contributed by atoms with E-state index >= 15 is 0 Å². The molecular formula is C9H14N2O4S2. The Kier molecular flexibility index (Phi) is 3.39. The second-order valence-electron chi connectivity index (χ2n) is 4.02. The molecule has 1 fully saturated rings. The highest BCUT2D eigenvalue weighted by atomic mass is 32.2. The first-order valence-electron chi connectivity index (χ1n) is 5.29. The fourth-order valence-electron chi connectivity index (χ4n) is 2.05. The average Bonchev–Trinajstić information content (AvgIpc) is 2.84. The van der Waals surface area contributed by atoms with Crippen molar-refractivity contribution in [3.05, 3.63) is 15.4 Å². The van der Waals surface area contributed by atoms with Crippen LogP contribution in [0.15, 0.2) is 9.00 Å². The number of rotatable bonds is 3. The molecule has 1 aliphatic rings. The second-order valence-corrected chi connectivity index (χ2v) is 7.09. The highest BCUT2D eigenvalue weighted by Gasteiger charge is 2.36. The van der Waals surface area contributed by atoms with Crippen LogP contribution in [0.1, 0.15) is 18.5 Å². The summed E-state index contributed by atoms with van der Waals surface area (Å²) in [6.07, 6.45) is 1.40. The highest BCUT2D eigenvalue weighted by molar-refractivity contribution is 7.91. The number of aromatic amines is 1. The van der Waals surface area contributed by atoms with Gasteiger partial charge in [-0.25, -0.2) is 8.42 Å². The minimum atomic E-state index is -3.65. The topological polar surface area (TPSA) is 90.5 Å². The molecule has 2 heterocycles. The van der Waals surface area contributed by atoms with Crippen LogP contribution in [0.25, 0.3) is 0 Å². The lowest BCUT2D eigenvalue weighted by molar-refractivity contribution is 0.213. The maximum absolute atomic E-state index is 12.3. The summed E-state index contributed by atoms with van der Waals surface area (Å²) in [7, 11) is -3.65. The molecule has 17 heavy (non-hydrogen) atoms. The molecular weight excluding hydrogens is 264 g/mol. The zero-order valence-corrected chi connectivity index (χ0v) is 11.0. The normalized spacial score (nSPS) is 22.1. The molecule has 1 atom stereocenters. The van der Waals surface area contributed by atoms with Crippen molar-refractivity contribution in [1.29, 1.82) is 0 Å². The number of aryl methyl sites for hydroxylation is 1. The summed E-state index contributed by atoms with van der Waals surface area (Å²) >= 11 is 0.698. The molecule has 2 rings (SSSR count). The third-order valence-electron chi connectivity index (χ3n) is 2.86. The Morgan fingerprint density at radius 2 is 2.29 bits per heavy atom. The maximum atomic E-state index is 12.3. The van der Waals surface area contributed by atoms with Gasteiger partial charge in [0, 0.05) is 18.3 Å². The second kappa shape index (κ2) is 4.52. The Labute approximate surface area is 103 Å². The van der Waals surface area contributed by atoms with Gasteiger partial charge in [0.2, 0.25) is 0 Å². The Morgan fingerprint density at radius 1 is 1.59 bits per heavy atom. The first-order valence-corrected chi connectivity index (χ1v) is 7.55. The van der Waals surface area contributed by atoms with Gasteiger partial charge in [0.25, 0.3) is 10.0 Å². The van der Waals surface area contributed by atoms with E-state index in [-0.39, 0.29) is 21.7 Å². The third-order valence-corrected chi connectivity index (χ3v) is 6.39. The SMILES string of the molecule is Cc1[nH]c(=O)sc1S(=O)(=O)N1CCC[C@@H]1CO. The predicted octanol–water partition coefficient (Wildman–Crippen LogP) is -0.110. The van der Waals surface area contributed by atoms with Gasteiger partial charge in [0.15, 0.2) is 4.21 Å². The zero-order valence-electron chi connectivity index (χ0n) is 9.34. The van der Waals surface area contributed by atoms with Crippen molar-refractivity contribution in [2.75, 3.05) is 13.2 Å². The molecule has 96 valence electrons. The molecule has 0 saturated carbocycles. The molecule has 0 amide bonds. The van der Waals surface area contributed by atoms with Gasteiger partial charge in [-0.15, -0.1) is 0 Å². The molecule has 0 aromatic carbocycles. The minimum Gasteiger partial charge on any atom is -0.395 e. The van der Waals surface area contributed by atoms with Crippen molar-refractivity contribution in [2.24, 2.45) is 0 Å². The fourth-order valence-corrected chi connectivity index (χ4v) is 5.15. The summed E-state index contributed by atoms with van der Waals surface area (Å²) < 4.78 is 26.0. The van der Waals surface area contributed by atoms with Crippen LogP contribution in [0.3, 0.4) is 0 Å². The molecule has 1 aromatic heterocycles. The Hall–Kier alpha value is -0.700. The van der Waals surface area contributed by atoms with Crippen LogP contribution in [0.4, 0.5) is 0 Å². The lowest BCUT2D eigenvalue weighted by Gasteiger charge is -2.21. The molecule has 0 bridgehead atoms. The van der Waals surface area contributed by atoms with E-state index in [9.17, 15) is 13.2 Å². The summed E-state index contributed by atoms with van der Waals surface area (Å²) in [6, 6.07) is -0.364. The average molecular weight is 278 g/mol. The van der Waals surface area contributed by atoms with Crippen LogP contribution in [0.5, 0.6) is 0 Å². The smallest absolute Gasteiger partial charge is 0.305 e. The molecule has 0 unspecified atom stereocenters. The molecule has 8 heteroatoms. The van der Waals surface area contributed by atoms with Crippen molar-refractivity contribution < 1.29 is 13.5 Å². The van der Waals surface area contributed by atoms with E-state index in [2.05, 4.69) is 4.98 Å². The Morgan fingerprint density at radius 3 is 2.82 bits per heavy atom. The molecule has 2 N–H and O–H groups in total. The quantitative estimate of drug-likeness (QED) is 0.807. The number of aromatic nitrogens is 1. The zero-order chi connectivity index (χ0) is 12.6. The summed E-state index contributed by atoms with van der Waals surface area (Å²) in [5.41, 5.74) is 0.364. The number of H-pyrrole nitrogens is 1. The Bertz CT molecular complexity index is 560. The van der Waals surface area contributed by atoms with Crippen LogP contribution in [-0.2, 0) is 10.0 Å². The molecule has 0 radical (unpaired) electrons. The van der Waals surface area contributed by atoms with Crippen LogP contribution < -0.4 is 4.87 Å². The summed E-state index contributed by atoms with van der Waals surface area (Å²) in [5, 5.41) is 9.15. The number of hydrogen-bond acceptors (Lipinski definition) is 5. The van der Waals surface area contributed by atoms with Crippen molar-refractivity contribution >= 4 is 21.4 Å². The van der Waals surface area contributed by atoms with Crippen molar-refractivity contribution in [3.8, 4) is 0 Å². The minimum absolute atomic E-state index is 0.0582. The largest absolute Gasteiger partial charge is 0.395 e. The van der Waals surface area contributed by atoms with Crippen LogP contribution in [0, 0.1) is 6.92 Å². The first-order chi connectivity index (χ1) is 7.96. The summed E-state index contributed by atoms with van der Waals surface area (Å²) in [6.45, 7) is 1.78. The van der Waals surface area contributed by atoms with Gasteiger partial charge in [0.05, 0.1) is 6.61 Å². The fraction of sp³-hybridized carbons (Fsp3) is 0.667. The van der Waals surface area contributed by atoms with Crippen LogP contribution >= 0.6 is 11.3 Å². The monoisotopic (exact) mass is 278 g/mol. The van der Waals surface area contributed by atoms with E-state index in [0.717, 1.165) is 6.42 Å². The number of nitrogens with one attached hydrogen (secondary N) is 1. The van der Waals surface area contributed by atoms with E-state index in [4.69, 9.17) is 5.11 Å². The van der Waals surface area contributed by atoms with E-state index < -0.39 is 10.0 Å². The Balaban J connectivity index is 2.43. The van der Waals surface area contributed by atoms with Crippen molar-refractivity contribution in [2.45, 2.75) is 30.0 Å². The van der Waals surface area contributed by atoms with Crippen LogP contribution in [-0.4, -0.2) is 42.0 Å².